The molecule has 1 atom stereocenters. The molecule has 2 heteroatoms. The predicted molar refractivity (Wildman–Crippen MR) is 87.2 cm³/mol. The number of hydrogen-bond donors (Lipinski definition) is 1. The Bertz CT molecular complexity index is 557. The molecule has 1 unspecified atom stereocenters. The van der Waals surface area contributed by atoms with Crippen LogP contribution < -0.4 is 5.32 Å². The Morgan fingerprint density at radius 1 is 1.05 bits per heavy atom. The van der Waals surface area contributed by atoms with Crippen molar-refractivity contribution in [1.29, 1.82) is 0 Å². The molecule has 0 saturated heterocycles. The first-order valence-electron chi connectivity index (χ1n) is 7.14. The number of hydrogen-bond acceptors (Lipinski definition) is 1. The molecule has 1 N–H and O–H groups in total. The summed E-state index contributed by atoms with van der Waals surface area (Å²) in [7, 11) is 0. The van der Waals surface area contributed by atoms with Crippen LogP contribution in [0.25, 0.3) is 0 Å². The number of nitrogens with one attached hydrogen (secondary N) is 1. The fourth-order valence-electron chi connectivity index (χ4n) is 2.63. The van der Waals surface area contributed by atoms with Crippen LogP contribution in [-0.2, 0) is 6.54 Å². The minimum Gasteiger partial charge on any atom is -0.306 e. The lowest BCUT2D eigenvalue weighted by molar-refractivity contribution is 0.519. The van der Waals surface area contributed by atoms with Crippen LogP contribution in [-0.4, -0.2) is 0 Å². The third-order valence-corrected chi connectivity index (χ3v) is 3.73. The van der Waals surface area contributed by atoms with Crippen molar-refractivity contribution in [3.05, 3.63) is 69.7 Å². The van der Waals surface area contributed by atoms with E-state index in [1.54, 1.807) is 0 Å². The van der Waals surface area contributed by atoms with E-state index >= 15 is 0 Å². The molecule has 0 aliphatic rings. The largest absolute Gasteiger partial charge is 0.306 e. The highest BCUT2D eigenvalue weighted by atomic mass is 35.5. The Kier molecular flexibility index (Phi) is 5.22. The summed E-state index contributed by atoms with van der Waals surface area (Å²) in [6, 6.07) is 15.1. The van der Waals surface area contributed by atoms with Gasteiger partial charge < -0.3 is 5.32 Å². The summed E-state index contributed by atoms with van der Waals surface area (Å²) in [5.41, 5.74) is 5.22. The molecule has 0 aliphatic carbocycles. The van der Waals surface area contributed by atoms with Gasteiger partial charge in [0.05, 0.1) is 0 Å². The molecule has 1 nitrogen and oxygen atoms in total. The zero-order valence-electron chi connectivity index (χ0n) is 12.4. The predicted octanol–water partition coefficient (Wildman–Crippen LogP) is 5.20. The van der Waals surface area contributed by atoms with E-state index in [1.807, 2.05) is 18.2 Å². The van der Waals surface area contributed by atoms with E-state index < -0.39 is 0 Å². The Balaban J connectivity index is 2.07. The zero-order chi connectivity index (χ0) is 14.5. The molecular weight excluding hydrogens is 266 g/mol. The summed E-state index contributed by atoms with van der Waals surface area (Å²) in [6.45, 7) is 7.36. The summed E-state index contributed by atoms with van der Waals surface area (Å²) >= 11 is 6.08. The third-order valence-electron chi connectivity index (χ3n) is 3.49. The Labute approximate surface area is 127 Å². The van der Waals surface area contributed by atoms with E-state index in [0.717, 1.165) is 18.0 Å². The van der Waals surface area contributed by atoms with Crippen molar-refractivity contribution < 1.29 is 0 Å². The van der Waals surface area contributed by atoms with Gasteiger partial charge in [0.2, 0.25) is 0 Å². The molecule has 106 valence electrons. The van der Waals surface area contributed by atoms with Crippen LogP contribution in [0.15, 0.2) is 42.5 Å². The van der Waals surface area contributed by atoms with Crippen molar-refractivity contribution in [2.75, 3.05) is 0 Å². The molecule has 0 spiro atoms. The van der Waals surface area contributed by atoms with E-state index in [4.69, 9.17) is 11.6 Å². The first-order valence-corrected chi connectivity index (χ1v) is 7.52. The molecule has 0 bridgehead atoms. The van der Waals surface area contributed by atoms with E-state index in [1.165, 1.54) is 22.3 Å². The normalized spacial score (nSPS) is 12.4. The van der Waals surface area contributed by atoms with Gasteiger partial charge in [-0.25, -0.2) is 0 Å². The maximum atomic E-state index is 6.08. The maximum absolute atomic E-state index is 6.08. The van der Waals surface area contributed by atoms with Gasteiger partial charge in [-0.3, -0.25) is 0 Å². The molecule has 0 aromatic heterocycles. The van der Waals surface area contributed by atoms with E-state index in [2.05, 4.69) is 50.4 Å². The van der Waals surface area contributed by atoms with E-state index in [-0.39, 0.29) is 0 Å². The molecule has 20 heavy (non-hydrogen) atoms. The third kappa shape index (κ3) is 4.09. The summed E-state index contributed by atoms with van der Waals surface area (Å²) < 4.78 is 0. The molecule has 0 fully saturated rings. The van der Waals surface area contributed by atoms with Gasteiger partial charge in [0, 0.05) is 17.6 Å². The van der Waals surface area contributed by atoms with Crippen molar-refractivity contribution >= 4 is 11.6 Å². The minimum atomic E-state index is 0.342. The first-order chi connectivity index (χ1) is 9.58. The zero-order valence-corrected chi connectivity index (χ0v) is 13.2. The van der Waals surface area contributed by atoms with Gasteiger partial charge in [-0.2, -0.15) is 0 Å². The highest BCUT2D eigenvalue weighted by molar-refractivity contribution is 6.30. The van der Waals surface area contributed by atoms with Gasteiger partial charge in [0.25, 0.3) is 0 Å². The van der Waals surface area contributed by atoms with Crippen LogP contribution in [0.1, 0.15) is 41.6 Å². The average Bonchev–Trinajstić information content (AvgIpc) is 2.38. The maximum Gasteiger partial charge on any atom is 0.0409 e. The highest BCUT2D eigenvalue weighted by Gasteiger charge is 2.09. The number of halogens is 1. The van der Waals surface area contributed by atoms with Crippen molar-refractivity contribution in [2.45, 2.75) is 39.8 Å². The fraction of sp³-hybridized carbons (Fsp3) is 0.333. The monoisotopic (exact) mass is 287 g/mol. The van der Waals surface area contributed by atoms with Crippen LogP contribution in [0.3, 0.4) is 0 Å². The Hall–Kier alpha value is -1.31. The highest BCUT2D eigenvalue weighted by Crippen LogP contribution is 2.21. The number of benzene rings is 2. The quantitative estimate of drug-likeness (QED) is 0.797. The lowest BCUT2D eigenvalue weighted by Crippen LogP contribution is -2.20. The van der Waals surface area contributed by atoms with Crippen molar-refractivity contribution in [1.82, 2.24) is 5.32 Å². The van der Waals surface area contributed by atoms with E-state index in [0.29, 0.717) is 6.04 Å². The Morgan fingerprint density at radius 3 is 2.35 bits per heavy atom. The van der Waals surface area contributed by atoms with Crippen LogP contribution in [0, 0.1) is 13.8 Å². The summed E-state index contributed by atoms with van der Waals surface area (Å²) in [5.74, 6) is 0. The lowest BCUT2D eigenvalue weighted by atomic mass is 10.0. The SMILES string of the molecule is CCC(NCc1cc(C)cc(C)c1)c1cccc(Cl)c1. The molecule has 2 rings (SSSR count). The molecule has 2 aromatic carbocycles. The molecule has 0 aliphatic heterocycles. The first kappa shape index (κ1) is 15.1. The van der Waals surface area contributed by atoms with Crippen LogP contribution in [0.5, 0.6) is 0 Å². The molecule has 0 amide bonds. The molecule has 2 aromatic rings. The van der Waals surface area contributed by atoms with Gasteiger partial charge in [-0.05, 0) is 43.5 Å². The second kappa shape index (κ2) is 6.92. The summed E-state index contributed by atoms with van der Waals surface area (Å²) in [6.07, 6.45) is 1.05. The summed E-state index contributed by atoms with van der Waals surface area (Å²) in [4.78, 5) is 0. The molecule has 0 radical (unpaired) electrons. The van der Waals surface area contributed by atoms with Gasteiger partial charge in [0.1, 0.15) is 0 Å². The second-order valence-corrected chi connectivity index (χ2v) is 5.83. The molecular formula is C18H22ClN. The van der Waals surface area contributed by atoms with Gasteiger partial charge in [-0.15, -0.1) is 0 Å². The van der Waals surface area contributed by atoms with Gasteiger partial charge in [0.15, 0.2) is 0 Å². The molecule has 0 saturated carbocycles. The summed E-state index contributed by atoms with van der Waals surface area (Å²) in [5, 5.41) is 4.43. The van der Waals surface area contributed by atoms with Gasteiger partial charge in [-0.1, -0.05) is 60.0 Å². The second-order valence-electron chi connectivity index (χ2n) is 5.39. The van der Waals surface area contributed by atoms with Crippen LogP contribution in [0.4, 0.5) is 0 Å². The Morgan fingerprint density at radius 2 is 1.75 bits per heavy atom. The fourth-order valence-corrected chi connectivity index (χ4v) is 2.83. The van der Waals surface area contributed by atoms with Crippen LogP contribution in [0.2, 0.25) is 5.02 Å². The topological polar surface area (TPSA) is 12.0 Å². The van der Waals surface area contributed by atoms with Crippen LogP contribution >= 0.6 is 11.6 Å². The smallest absolute Gasteiger partial charge is 0.0409 e. The molecule has 0 heterocycles. The lowest BCUT2D eigenvalue weighted by Gasteiger charge is -2.18. The van der Waals surface area contributed by atoms with Gasteiger partial charge >= 0.3 is 0 Å². The standard InChI is InChI=1S/C18H22ClN/c1-4-18(16-6-5-7-17(19)11-16)20-12-15-9-13(2)8-14(3)10-15/h5-11,18,20H,4,12H2,1-3H3. The van der Waals surface area contributed by atoms with Crippen molar-refractivity contribution in [3.63, 3.8) is 0 Å². The average molecular weight is 288 g/mol. The number of rotatable bonds is 5. The number of aryl methyl sites for hydroxylation is 2. The minimum absolute atomic E-state index is 0.342. The van der Waals surface area contributed by atoms with Crippen molar-refractivity contribution in [2.24, 2.45) is 0 Å². The van der Waals surface area contributed by atoms with Crippen molar-refractivity contribution in [3.8, 4) is 0 Å². The van der Waals surface area contributed by atoms with E-state index in [9.17, 15) is 0 Å².